The molecule has 0 unspecified atom stereocenters. The van der Waals surface area contributed by atoms with Crippen molar-refractivity contribution < 1.29 is 9.53 Å². The van der Waals surface area contributed by atoms with Crippen molar-refractivity contribution in [2.45, 2.75) is 6.42 Å². The highest BCUT2D eigenvalue weighted by Gasteiger charge is 2.02. The van der Waals surface area contributed by atoms with Gasteiger partial charge in [-0.2, -0.15) is 0 Å². The first-order valence-electron chi connectivity index (χ1n) is 4.06. The Kier molecular flexibility index (Phi) is 3.26. The normalized spacial score (nSPS) is 9.31. The first kappa shape index (κ1) is 9.52. The fourth-order valence-electron chi connectivity index (χ4n) is 1.06. The van der Waals surface area contributed by atoms with Gasteiger partial charge in [0.1, 0.15) is 0 Å². The quantitative estimate of drug-likeness (QED) is 0.521. The summed E-state index contributed by atoms with van der Waals surface area (Å²) in [5, 5.41) is 0. The molecular weight excluding hydrogens is 164 g/mol. The molecule has 0 spiro atoms. The van der Waals surface area contributed by atoms with E-state index in [1.807, 2.05) is 18.2 Å². The van der Waals surface area contributed by atoms with E-state index in [4.69, 9.17) is 0 Å². The molecule has 0 radical (unpaired) electrons. The Hall–Kier alpha value is -1.57. The van der Waals surface area contributed by atoms with Crippen molar-refractivity contribution in [3.63, 3.8) is 0 Å². The Morgan fingerprint density at radius 3 is 2.54 bits per heavy atom. The molecule has 0 aliphatic heterocycles. The lowest BCUT2D eigenvalue weighted by Gasteiger charge is -2.00. The van der Waals surface area contributed by atoms with E-state index < -0.39 is 0 Å². The highest BCUT2D eigenvalue weighted by Crippen LogP contribution is 2.06. The van der Waals surface area contributed by atoms with Crippen molar-refractivity contribution >= 4 is 5.97 Å². The molecule has 0 bridgehead atoms. The molecule has 2 heteroatoms. The topological polar surface area (TPSA) is 26.3 Å². The SMILES string of the molecule is C=CCc1ccc(C(=O)OC)cc1. The lowest BCUT2D eigenvalue weighted by atomic mass is 10.1. The van der Waals surface area contributed by atoms with Gasteiger partial charge in [0, 0.05) is 0 Å². The third kappa shape index (κ3) is 2.44. The molecule has 0 aliphatic rings. The van der Waals surface area contributed by atoms with Crippen LogP contribution in [-0.2, 0) is 11.2 Å². The Bertz CT molecular complexity index is 298. The van der Waals surface area contributed by atoms with Gasteiger partial charge in [0.15, 0.2) is 0 Å². The average molecular weight is 176 g/mol. The molecule has 1 rings (SSSR count). The zero-order valence-electron chi connectivity index (χ0n) is 7.62. The predicted molar refractivity (Wildman–Crippen MR) is 51.7 cm³/mol. The monoisotopic (exact) mass is 176 g/mol. The van der Waals surface area contributed by atoms with Crippen molar-refractivity contribution in [3.8, 4) is 0 Å². The van der Waals surface area contributed by atoms with E-state index in [1.165, 1.54) is 7.11 Å². The molecule has 68 valence electrons. The van der Waals surface area contributed by atoms with E-state index >= 15 is 0 Å². The summed E-state index contributed by atoms with van der Waals surface area (Å²) in [6.45, 7) is 3.64. The van der Waals surface area contributed by atoms with E-state index in [0.29, 0.717) is 5.56 Å². The van der Waals surface area contributed by atoms with Crippen molar-refractivity contribution in [2.24, 2.45) is 0 Å². The van der Waals surface area contributed by atoms with Gasteiger partial charge in [-0.25, -0.2) is 4.79 Å². The van der Waals surface area contributed by atoms with Gasteiger partial charge in [-0.1, -0.05) is 18.2 Å². The van der Waals surface area contributed by atoms with Crippen LogP contribution in [0.1, 0.15) is 15.9 Å². The summed E-state index contributed by atoms with van der Waals surface area (Å²) >= 11 is 0. The first-order valence-corrected chi connectivity index (χ1v) is 4.06. The third-order valence-corrected chi connectivity index (χ3v) is 1.76. The molecule has 1 aromatic carbocycles. The second-order valence-electron chi connectivity index (χ2n) is 2.68. The van der Waals surface area contributed by atoms with E-state index in [0.717, 1.165) is 12.0 Å². The minimum absolute atomic E-state index is 0.301. The van der Waals surface area contributed by atoms with Crippen molar-refractivity contribution in [1.29, 1.82) is 0 Å². The third-order valence-electron chi connectivity index (χ3n) is 1.76. The molecule has 13 heavy (non-hydrogen) atoms. The number of benzene rings is 1. The molecule has 0 amide bonds. The lowest BCUT2D eigenvalue weighted by molar-refractivity contribution is 0.0601. The van der Waals surface area contributed by atoms with Crippen LogP contribution in [0.2, 0.25) is 0 Å². The van der Waals surface area contributed by atoms with Gasteiger partial charge >= 0.3 is 5.97 Å². The van der Waals surface area contributed by atoms with Crippen LogP contribution < -0.4 is 0 Å². The molecular formula is C11H12O2. The molecule has 2 nitrogen and oxygen atoms in total. The number of hydrogen-bond donors (Lipinski definition) is 0. The highest BCUT2D eigenvalue weighted by molar-refractivity contribution is 5.89. The second-order valence-corrected chi connectivity index (χ2v) is 2.68. The Labute approximate surface area is 77.8 Å². The molecule has 0 aromatic heterocycles. The van der Waals surface area contributed by atoms with Crippen LogP contribution in [0.5, 0.6) is 0 Å². The molecule has 0 saturated heterocycles. The van der Waals surface area contributed by atoms with Crippen LogP contribution in [0.25, 0.3) is 0 Å². The van der Waals surface area contributed by atoms with Crippen LogP contribution >= 0.6 is 0 Å². The molecule has 1 aromatic rings. The van der Waals surface area contributed by atoms with Crippen molar-refractivity contribution in [1.82, 2.24) is 0 Å². The minimum atomic E-state index is -0.301. The van der Waals surface area contributed by atoms with Crippen LogP contribution in [0.15, 0.2) is 36.9 Å². The summed E-state index contributed by atoms with van der Waals surface area (Å²) in [6, 6.07) is 7.30. The van der Waals surface area contributed by atoms with Gasteiger partial charge in [-0.3, -0.25) is 0 Å². The summed E-state index contributed by atoms with van der Waals surface area (Å²) in [4.78, 5) is 11.0. The fraction of sp³-hybridized carbons (Fsp3) is 0.182. The number of rotatable bonds is 3. The zero-order chi connectivity index (χ0) is 9.68. The number of ether oxygens (including phenoxy) is 1. The van der Waals surface area contributed by atoms with Gasteiger partial charge in [-0.15, -0.1) is 6.58 Å². The van der Waals surface area contributed by atoms with Crippen LogP contribution in [0.4, 0.5) is 0 Å². The Morgan fingerprint density at radius 1 is 1.46 bits per heavy atom. The molecule has 0 N–H and O–H groups in total. The van der Waals surface area contributed by atoms with E-state index in [-0.39, 0.29) is 5.97 Å². The molecule has 0 aliphatic carbocycles. The number of allylic oxidation sites excluding steroid dienone is 1. The van der Waals surface area contributed by atoms with Crippen molar-refractivity contribution in [3.05, 3.63) is 48.0 Å². The van der Waals surface area contributed by atoms with Gasteiger partial charge < -0.3 is 4.74 Å². The van der Waals surface area contributed by atoms with Crippen LogP contribution in [0, 0.1) is 0 Å². The molecule has 0 saturated carbocycles. The standard InChI is InChI=1S/C11H12O2/c1-3-4-9-5-7-10(8-6-9)11(12)13-2/h3,5-8H,1,4H2,2H3. The molecule has 0 fully saturated rings. The number of methoxy groups -OCH3 is 1. The summed E-state index contributed by atoms with van der Waals surface area (Å²) in [5.41, 5.74) is 1.72. The maximum atomic E-state index is 11.0. The maximum absolute atomic E-state index is 11.0. The average Bonchev–Trinajstić information content (AvgIpc) is 2.18. The van der Waals surface area contributed by atoms with Crippen molar-refractivity contribution in [2.75, 3.05) is 7.11 Å². The fourth-order valence-corrected chi connectivity index (χ4v) is 1.06. The largest absolute Gasteiger partial charge is 0.465 e. The van der Waals surface area contributed by atoms with Gasteiger partial charge in [0.05, 0.1) is 12.7 Å². The number of esters is 1. The first-order chi connectivity index (χ1) is 6.27. The van der Waals surface area contributed by atoms with Crippen LogP contribution in [0.3, 0.4) is 0 Å². The van der Waals surface area contributed by atoms with Crippen LogP contribution in [-0.4, -0.2) is 13.1 Å². The second kappa shape index (κ2) is 4.45. The van der Waals surface area contributed by atoms with Gasteiger partial charge in [0.25, 0.3) is 0 Å². The lowest BCUT2D eigenvalue weighted by Crippen LogP contribution is -2.00. The Balaban J connectivity index is 2.80. The number of carbonyl (C=O) groups is 1. The van der Waals surface area contributed by atoms with E-state index in [2.05, 4.69) is 11.3 Å². The molecule has 0 heterocycles. The zero-order valence-corrected chi connectivity index (χ0v) is 7.62. The van der Waals surface area contributed by atoms with Gasteiger partial charge in [0.2, 0.25) is 0 Å². The summed E-state index contributed by atoms with van der Waals surface area (Å²) in [7, 11) is 1.37. The predicted octanol–water partition coefficient (Wildman–Crippen LogP) is 2.20. The highest BCUT2D eigenvalue weighted by atomic mass is 16.5. The summed E-state index contributed by atoms with van der Waals surface area (Å²) in [6.07, 6.45) is 2.65. The molecule has 0 atom stereocenters. The van der Waals surface area contributed by atoms with E-state index in [9.17, 15) is 4.79 Å². The van der Waals surface area contributed by atoms with E-state index in [1.54, 1.807) is 12.1 Å². The maximum Gasteiger partial charge on any atom is 0.337 e. The smallest absolute Gasteiger partial charge is 0.337 e. The van der Waals surface area contributed by atoms with Gasteiger partial charge in [-0.05, 0) is 24.1 Å². The summed E-state index contributed by atoms with van der Waals surface area (Å²) in [5.74, 6) is -0.301. The minimum Gasteiger partial charge on any atom is -0.465 e. The Morgan fingerprint density at radius 2 is 2.08 bits per heavy atom. The summed E-state index contributed by atoms with van der Waals surface area (Å²) < 4.78 is 4.58. The number of hydrogen-bond acceptors (Lipinski definition) is 2. The number of carbonyl (C=O) groups excluding carboxylic acids is 1.